The van der Waals surface area contributed by atoms with Crippen LogP contribution in [-0.2, 0) is 13.9 Å². The Morgan fingerprint density at radius 2 is 1.80 bits per heavy atom. The number of nitrogens with zero attached hydrogens (tertiary/aromatic N) is 1. The van der Waals surface area contributed by atoms with Crippen molar-refractivity contribution >= 4 is 13.3 Å². The molecule has 0 aromatic heterocycles. The Balaban J connectivity index is 0.000000167. The van der Waals surface area contributed by atoms with Gasteiger partial charge in [0.05, 0.1) is 27.1 Å². The highest BCUT2D eigenvalue weighted by Gasteiger charge is 2.88. The number of rotatable bonds is 2. The number of fused-ring (bicyclic) bond motifs is 1. The van der Waals surface area contributed by atoms with Gasteiger partial charge in [-0.2, -0.15) is 0 Å². The summed E-state index contributed by atoms with van der Waals surface area (Å²) >= 11 is 0. The molecule has 2 saturated heterocycles. The van der Waals surface area contributed by atoms with E-state index in [4.69, 9.17) is 4.52 Å². The minimum atomic E-state index is -1.98. The molecule has 2 aliphatic rings. The third kappa shape index (κ3) is 2.48. The van der Waals surface area contributed by atoms with E-state index in [1.165, 1.54) is 6.92 Å². The van der Waals surface area contributed by atoms with Crippen LogP contribution in [-0.4, -0.2) is 43.2 Å². The van der Waals surface area contributed by atoms with Crippen molar-refractivity contribution in [1.82, 2.24) is 0 Å². The Kier molecular flexibility index (Phi) is 2.85. The topological polar surface area (TPSA) is 69.7 Å². The van der Waals surface area contributed by atoms with Crippen LogP contribution in [0.25, 0.3) is 0 Å². The molecule has 15 heavy (non-hydrogen) atoms. The Labute approximate surface area is 89.4 Å². The van der Waals surface area contributed by atoms with Gasteiger partial charge in [-0.3, -0.25) is 4.57 Å². The molecule has 3 unspecified atom stereocenters. The van der Waals surface area contributed by atoms with Crippen molar-refractivity contribution in [2.24, 2.45) is 0 Å². The fraction of sp³-hybridized carbons (Fsp3) is 0.667. The zero-order chi connectivity index (χ0) is 12.0. The summed E-state index contributed by atoms with van der Waals surface area (Å²) < 4.78 is 16.8. The predicted molar refractivity (Wildman–Crippen MR) is 54.1 cm³/mol. The molecule has 6 heteroatoms. The second-order valence-corrected chi connectivity index (χ2v) is 7.28. The predicted octanol–water partition coefficient (Wildman–Crippen LogP) is -0.0209. The number of carbonyl (C=O) groups is 1. The molecule has 5 nitrogen and oxygen atoms in total. The maximum Gasteiger partial charge on any atom is 0.298 e. The van der Waals surface area contributed by atoms with Gasteiger partial charge >= 0.3 is 0 Å². The first-order valence-corrected chi connectivity index (χ1v) is 6.33. The average molecular weight is 233 g/mol. The molecule has 86 valence electrons. The first-order valence-electron chi connectivity index (χ1n) is 4.56. The van der Waals surface area contributed by atoms with Crippen LogP contribution in [0, 0.1) is 0 Å². The van der Waals surface area contributed by atoms with Crippen LogP contribution in [0.1, 0.15) is 6.92 Å². The maximum atomic E-state index is 11.1. The van der Waals surface area contributed by atoms with Crippen molar-refractivity contribution in [1.29, 1.82) is 0 Å². The van der Waals surface area contributed by atoms with E-state index in [9.17, 15) is 14.5 Å². The molecular formula is C9H16NO4P. The van der Waals surface area contributed by atoms with Crippen molar-refractivity contribution in [2.75, 3.05) is 21.1 Å². The molecule has 3 atom stereocenters. The third-order valence-electron chi connectivity index (χ3n) is 2.26. The van der Waals surface area contributed by atoms with Gasteiger partial charge in [0.2, 0.25) is 11.6 Å². The number of carboxylic acids is 1. The molecule has 2 heterocycles. The van der Waals surface area contributed by atoms with Gasteiger partial charge in [-0.25, -0.2) is 0 Å². The summed E-state index contributed by atoms with van der Waals surface area (Å²) in [6.07, 6.45) is 0. The number of carbonyl (C=O) groups excluding carboxylic acids is 1. The van der Waals surface area contributed by atoms with Gasteiger partial charge in [0, 0.05) is 0 Å². The van der Waals surface area contributed by atoms with Crippen molar-refractivity contribution < 1.29 is 23.5 Å². The van der Waals surface area contributed by atoms with E-state index < -0.39 is 13.3 Å². The molecule has 0 N–H and O–H groups in total. The summed E-state index contributed by atoms with van der Waals surface area (Å²) in [5, 5.41) is 9.49. The SMILES string of the molecule is C=C(C)C(=O)[O-].C[N+](C)(C)C1C2OP21=O. The summed E-state index contributed by atoms with van der Waals surface area (Å²) in [6, 6.07) is 0. The fourth-order valence-corrected chi connectivity index (χ4v) is 4.21. The number of hydrogen-bond acceptors (Lipinski definition) is 4. The van der Waals surface area contributed by atoms with Gasteiger partial charge in [-0.05, 0) is 12.5 Å². The van der Waals surface area contributed by atoms with Gasteiger partial charge in [-0.1, -0.05) is 6.58 Å². The van der Waals surface area contributed by atoms with E-state index in [1.807, 2.05) is 0 Å². The molecular weight excluding hydrogens is 217 g/mol. The van der Waals surface area contributed by atoms with Crippen LogP contribution in [0.15, 0.2) is 12.2 Å². The Hall–Kier alpha value is -0.640. The molecule has 0 aromatic rings. The standard InChI is InChI=1S/C5H11NO2P.C4H6O2/c1-6(2,3)4-5-8-9(4,5)7;1-3(2)4(5)6/h4-5H,1-3H3;1H2,2H3,(H,5,6)/q+1;/p-1. The fourth-order valence-electron chi connectivity index (χ4n) is 1.32. The van der Waals surface area contributed by atoms with Gasteiger partial charge in [0.25, 0.3) is 7.37 Å². The molecule has 0 saturated carbocycles. The first-order chi connectivity index (χ1) is 6.60. The molecule has 0 bridgehead atoms. The number of hydrogen-bond donors (Lipinski definition) is 0. The monoisotopic (exact) mass is 233 g/mol. The Bertz CT molecular complexity index is 346. The smallest absolute Gasteiger partial charge is 0.298 e. The number of likely N-dealkylation sites (N-methyl/N-ethyl adjacent to an activating group) is 1. The lowest BCUT2D eigenvalue weighted by Gasteiger charge is -2.24. The van der Waals surface area contributed by atoms with Crippen LogP contribution < -0.4 is 5.11 Å². The van der Waals surface area contributed by atoms with Crippen molar-refractivity contribution in [3.8, 4) is 0 Å². The molecule has 0 radical (unpaired) electrons. The second kappa shape index (κ2) is 3.44. The van der Waals surface area contributed by atoms with Gasteiger partial charge in [-0.15, -0.1) is 0 Å². The first kappa shape index (κ1) is 12.4. The summed E-state index contributed by atoms with van der Waals surface area (Å²) in [4.78, 5) is 9.49. The summed E-state index contributed by atoms with van der Waals surface area (Å²) in [7, 11) is 4.18. The molecule has 0 amide bonds. The molecule has 2 aliphatic heterocycles. The number of quaternary nitrogens is 1. The normalized spacial score (nSPS) is 35.7. The van der Waals surface area contributed by atoms with E-state index in [-0.39, 0.29) is 11.4 Å². The zero-order valence-corrected chi connectivity index (χ0v) is 10.3. The number of aliphatic carboxylic acids is 1. The van der Waals surface area contributed by atoms with Gasteiger partial charge < -0.3 is 18.9 Å². The molecule has 0 aliphatic carbocycles. The van der Waals surface area contributed by atoms with E-state index in [0.29, 0.717) is 5.78 Å². The van der Waals surface area contributed by atoms with E-state index in [0.717, 1.165) is 4.48 Å². The molecule has 2 fully saturated rings. The van der Waals surface area contributed by atoms with Crippen LogP contribution in [0.5, 0.6) is 0 Å². The highest BCUT2D eigenvalue weighted by atomic mass is 31.2. The van der Waals surface area contributed by atoms with Crippen LogP contribution in [0.2, 0.25) is 0 Å². The van der Waals surface area contributed by atoms with Gasteiger partial charge in [0.1, 0.15) is 0 Å². The largest absolute Gasteiger partial charge is 0.545 e. The van der Waals surface area contributed by atoms with Crippen molar-refractivity contribution in [3.63, 3.8) is 0 Å². The average Bonchev–Trinajstić information content (AvgIpc) is 2.73. The highest BCUT2D eigenvalue weighted by Crippen LogP contribution is 2.93. The number of carboxylic acid groups (broad SMARTS) is 1. The molecule has 0 spiro atoms. The van der Waals surface area contributed by atoms with E-state index >= 15 is 0 Å². The molecule has 2 rings (SSSR count). The minimum Gasteiger partial charge on any atom is -0.545 e. The van der Waals surface area contributed by atoms with Crippen LogP contribution >= 0.6 is 7.37 Å². The molecule has 0 aromatic carbocycles. The van der Waals surface area contributed by atoms with Crippen molar-refractivity contribution in [2.45, 2.75) is 18.6 Å². The van der Waals surface area contributed by atoms with Crippen molar-refractivity contribution in [3.05, 3.63) is 12.2 Å². The zero-order valence-electron chi connectivity index (χ0n) is 9.39. The van der Waals surface area contributed by atoms with Crippen LogP contribution in [0.4, 0.5) is 0 Å². The Morgan fingerprint density at radius 3 is 1.80 bits per heavy atom. The summed E-state index contributed by atoms with van der Waals surface area (Å²) in [5.41, 5.74) is 0.0648. The highest BCUT2D eigenvalue weighted by molar-refractivity contribution is 7.74. The summed E-state index contributed by atoms with van der Waals surface area (Å²) in [6.45, 7) is 4.48. The lowest BCUT2D eigenvalue weighted by Crippen LogP contribution is -2.40. The minimum absolute atomic E-state index is 0.0648. The summed E-state index contributed by atoms with van der Waals surface area (Å²) in [5.74, 6) is -0.704. The van der Waals surface area contributed by atoms with Gasteiger partial charge in [0.15, 0.2) is 0 Å². The van der Waals surface area contributed by atoms with E-state index in [2.05, 4.69) is 27.7 Å². The van der Waals surface area contributed by atoms with Crippen LogP contribution in [0.3, 0.4) is 0 Å². The third-order valence-corrected chi connectivity index (χ3v) is 5.06. The lowest BCUT2D eigenvalue weighted by molar-refractivity contribution is -0.879. The Morgan fingerprint density at radius 1 is 1.47 bits per heavy atom. The maximum absolute atomic E-state index is 11.1. The lowest BCUT2D eigenvalue weighted by atomic mass is 10.4. The van der Waals surface area contributed by atoms with E-state index in [1.54, 1.807) is 0 Å². The second-order valence-electron chi connectivity index (χ2n) is 4.74. The quantitative estimate of drug-likeness (QED) is 0.291.